The van der Waals surface area contributed by atoms with Crippen molar-refractivity contribution in [1.29, 1.82) is 0 Å². The summed E-state index contributed by atoms with van der Waals surface area (Å²) in [4.78, 5) is 7.74. The van der Waals surface area contributed by atoms with Crippen LogP contribution in [0.25, 0.3) is 11.0 Å². The van der Waals surface area contributed by atoms with Crippen molar-refractivity contribution >= 4 is 22.7 Å². The molecule has 0 spiro atoms. The topological polar surface area (TPSA) is 76.0 Å². The van der Waals surface area contributed by atoms with Crippen molar-refractivity contribution in [2.45, 2.75) is 13.0 Å². The first-order valence-electron chi connectivity index (χ1n) is 6.81. The van der Waals surface area contributed by atoms with Crippen LogP contribution >= 0.6 is 0 Å². The van der Waals surface area contributed by atoms with Gasteiger partial charge in [-0.25, -0.2) is 4.98 Å². The lowest BCUT2D eigenvalue weighted by Crippen LogP contribution is -2.07. The maximum Gasteiger partial charge on any atom is 0.201 e. The first-order valence-corrected chi connectivity index (χ1v) is 6.81. The fourth-order valence-corrected chi connectivity index (χ4v) is 2.28. The molecule has 0 aliphatic carbocycles. The Morgan fingerprint density at radius 1 is 1.19 bits per heavy atom. The summed E-state index contributed by atoms with van der Waals surface area (Å²) in [5.41, 5.74) is 9.49. The van der Waals surface area contributed by atoms with Crippen molar-refractivity contribution in [2.24, 2.45) is 0 Å². The number of hydrogen-bond donors (Lipinski definition) is 3. The molecule has 1 atom stereocenters. The highest BCUT2D eigenvalue weighted by molar-refractivity contribution is 5.80. The molecular weight excluding hydrogens is 264 g/mol. The molecule has 0 saturated heterocycles. The number of imidazole rings is 1. The van der Waals surface area contributed by atoms with Crippen molar-refractivity contribution in [3.8, 4) is 5.75 Å². The van der Waals surface area contributed by atoms with Gasteiger partial charge in [0.1, 0.15) is 5.75 Å². The number of fused-ring (bicyclic) bond motifs is 1. The summed E-state index contributed by atoms with van der Waals surface area (Å²) in [7, 11) is 1.66. The number of nitrogens with zero attached hydrogens (tertiary/aromatic N) is 1. The van der Waals surface area contributed by atoms with Gasteiger partial charge in [0.15, 0.2) is 0 Å². The smallest absolute Gasteiger partial charge is 0.201 e. The molecule has 0 amide bonds. The number of benzene rings is 2. The Morgan fingerprint density at radius 3 is 2.67 bits per heavy atom. The van der Waals surface area contributed by atoms with E-state index in [4.69, 9.17) is 10.5 Å². The minimum absolute atomic E-state index is 0.133. The molecule has 108 valence electrons. The van der Waals surface area contributed by atoms with E-state index in [0.29, 0.717) is 0 Å². The van der Waals surface area contributed by atoms with E-state index in [9.17, 15) is 0 Å². The number of nitrogens with two attached hydrogens (primary N) is 1. The molecule has 0 aliphatic rings. The summed E-state index contributed by atoms with van der Waals surface area (Å²) < 4.78 is 5.17. The SMILES string of the molecule is COc1ccc(C(C)Nc2nc3ccc(N)cc3[nH]2)cc1. The standard InChI is InChI=1S/C16H18N4O/c1-10(11-3-6-13(21-2)7-4-11)18-16-19-14-8-5-12(17)9-15(14)20-16/h3-10H,17H2,1-2H3,(H2,18,19,20). The van der Waals surface area contributed by atoms with Crippen LogP contribution < -0.4 is 15.8 Å². The van der Waals surface area contributed by atoms with Gasteiger partial charge in [0, 0.05) is 5.69 Å². The van der Waals surface area contributed by atoms with Crippen LogP contribution in [0.1, 0.15) is 18.5 Å². The lowest BCUT2D eigenvalue weighted by Gasteiger charge is -2.13. The molecule has 0 aliphatic heterocycles. The molecule has 3 aromatic rings. The van der Waals surface area contributed by atoms with Gasteiger partial charge in [0.2, 0.25) is 5.95 Å². The zero-order valence-electron chi connectivity index (χ0n) is 12.1. The van der Waals surface area contributed by atoms with Crippen LogP contribution in [0.15, 0.2) is 42.5 Å². The highest BCUT2D eigenvalue weighted by Crippen LogP contribution is 2.22. The maximum atomic E-state index is 5.77. The van der Waals surface area contributed by atoms with Crippen LogP contribution in [0.5, 0.6) is 5.75 Å². The third-order valence-corrected chi connectivity index (χ3v) is 3.47. The van der Waals surface area contributed by atoms with Crippen LogP contribution in [0.3, 0.4) is 0 Å². The maximum absolute atomic E-state index is 5.77. The zero-order valence-corrected chi connectivity index (χ0v) is 12.1. The Labute approximate surface area is 123 Å². The number of aromatic nitrogens is 2. The molecule has 1 aromatic heterocycles. The zero-order chi connectivity index (χ0) is 14.8. The lowest BCUT2D eigenvalue weighted by atomic mass is 10.1. The molecule has 0 fully saturated rings. The van der Waals surface area contributed by atoms with Gasteiger partial charge >= 0.3 is 0 Å². The molecule has 2 aromatic carbocycles. The number of hydrogen-bond acceptors (Lipinski definition) is 4. The van der Waals surface area contributed by atoms with E-state index in [1.807, 2.05) is 42.5 Å². The van der Waals surface area contributed by atoms with Crippen LogP contribution in [0.2, 0.25) is 0 Å². The van der Waals surface area contributed by atoms with Crippen LogP contribution in [-0.4, -0.2) is 17.1 Å². The Hall–Kier alpha value is -2.69. The van der Waals surface area contributed by atoms with E-state index in [1.54, 1.807) is 7.11 Å². The van der Waals surface area contributed by atoms with Gasteiger partial charge < -0.3 is 20.8 Å². The second-order valence-corrected chi connectivity index (χ2v) is 5.00. The number of aromatic amines is 1. The van der Waals surface area contributed by atoms with Crippen molar-refractivity contribution in [3.05, 3.63) is 48.0 Å². The van der Waals surface area contributed by atoms with E-state index < -0.39 is 0 Å². The van der Waals surface area contributed by atoms with Gasteiger partial charge in [-0.1, -0.05) is 12.1 Å². The number of nitrogens with one attached hydrogen (secondary N) is 2. The molecule has 1 heterocycles. The van der Waals surface area contributed by atoms with E-state index in [2.05, 4.69) is 22.2 Å². The minimum Gasteiger partial charge on any atom is -0.497 e. The summed E-state index contributed by atoms with van der Waals surface area (Å²) in [5, 5.41) is 3.36. The third-order valence-electron chi connectivity index (χ3n) is 3.47. The van der Waals surface area contributed by atoms with Crippen LogP contribution in [0.4, 0.5) is 11.6 Å². The largest absolute Gasteiger partial charge is 0.497 e. The summed E-state index contributed by atoms with van der Waals surface area (Å²) in [5.74, 6) is 1.59. The number of anilines is 2. The predicted molar refractivity (Wildman–Crippen MR) is 85.5 cm³/mol. The van der Waals surface area contributed by atoms with Gasteiger partial charge in [-0.15, -0.1) is 0 Å². The van der Waals surface area contributed by atoms with Crippen molar-refractivity contribution < 1.29 is 4.74 Å². The van der Waals surface area contributed by atoms with E-state index in [-0.39, 0.29) is 6.04 Å². The molecule has 1 unspecified atom stereocenters. The Morgan fingerprint density at radius 2 is 1.95 bits per heavy atom. The Balaban J connectivity index is 1.79. The number of rotatable bonds is 4. The molecule has 3 rings (SSSR count). The highest BCUT2D eigenvalue weighted by atomic mass is 16.5. The molecule has 21 heavy (non-hydrogen) atoms. The normalized spacial score (nSPS) is 12.3. The summed E-state index contributed by atoms with van der Waals surface area (Å²) in [6.45, 7) is 2.09. The quantitative estimate of drug-likeness (QED) is 0.642. The highest BCUT2D eigenvalue weighted by Gasteiger charge is 2.09. The summed E-state index contributed by atoms with van der Waals surface area (Å²) in [6, 6.07) is 13.7. The molecule has 5 nitrogen and oxygen atoms in total. The van der Waals surface area contributed by atoms with E-state index >= 15 is 0 Å². The van der Waals surface area contributed by atoms with Crippen molar-refractivity contribution in [1.82, 2.24) is 9.97 Å². The second-order valence-electron chi connectivity index (χ2n) is 5.00. The van der Waals surface area contributed by atoms with Crippen molar-refractivity contribution in [2.75, 3.05) is 18.2 Å². The fraction of sp³-hybridized carbons (Fsp3) is 0.188. The molecular formula is C16H18N4O. The number of ether oxygens (including phenoxy) is 1. The monoisotopic (exact) mass is 282 g/mol. The molecule has 0 bridgehead atoms. The van der Waals surface area contributed by atoms with Crippen molar-refractivity contribution in [3.63, 3.8) is 0 Å². The number of methoxy groups -OCH3 is 1. The number of nitrogen functional groups attached to an aromatic ring is 1. The van der Waals surface area contributed by atoms with E-state index in [0.717, 1.165) is 34.0 Å². The minimum atomic E-state index is 0.133. The number of H-pyrrole nitrogens is 1. The lowest BCUT2D eigenvalue weighted by molar-refractivity contribution is 0.414. The first kappa shape index (κ1) is 13.3. The average molecular weight is 282 g/mol. The van der Waals surface area contributed by atoms with Gasteiger partial charge in [0.05, 0.1) is 24.2 Å². The van der Waals surface area contributed by atoms with Gasteiger partial charge in [0.25, 0.3) is 0 Å². The van der Waals surface area contributed by atoms with Crippen LogP contribution in [0, 0.1) is 0 Å². The van der Waals surface area contributed by atoms with Crippen LogP contribution in [-0.2, 0) is 0 Å². The third kappa shape index (κ3) is 2.76. The summed E-state index contributed by atoms with van der Waals surface area (Å²) >= 11 is 0. The fourth-order valence-electron chi connectivity index (χ4n) is 2.28. The second kappa shape index (κ2) is 5.36. The van der Waals surface area contributed by atoms with Gasteiger partial charge in [-0.05, 0) is 42.8 Å². The Bertz CT molecular complexity index is 749. The average Bonchev–Trinajstić information content (AvgIpc) is 2.88. The summed E-state index contributed by atoms with van der Waals surface area (Å²) in [6.07, 6.45) is 0. The Kier molecular flexibility index (Phi) is 3.39. The van der Waals surface area contributed by atoms with Gasteiger partial charge in [-0.3, -0.25) is 0 Å². The molecule has 0 saturated carbocycles. The first-order chi connectivity index (χ1) is 10.2. The van der Waals surface area contributed by atoms with Gasteiger partial charge in [-0.2, -0.15) is 0 Å². The van der Waals surface area contributed by atoms with E-state index in [1.165, 1.54) is 0 Å². The predicted octanol–water partition coefficient (Wildman–Crippen LogP) is 3.33. The molecule has 5 heteroatoms. The molecule has 0 radical (unpaired) electrons. The molecule has 4 N–H and O–H groups in total.